The Kier molecular flexibility index (Phi) is 6.55. The molecule has 3 nitrogen and oxygen atoms in total. The number of ether oxygens (including phenoxy) is 1. The van der Waals surface area contributed by atoms with Gasteiger partial charge in [-0.25, -0.2) is 0 Å². The van der Waals surface area contributed by atoms with Gasteiger partial charge >= 0.3 is 0 Å². The molecular weight excluding hydrogens is 282 g/mol. The summed E-state index contributed by atoms with van der Waals surface area (Å²) in [7, 11) is 1.68. The lowest BCUT2D eigenvalue weighted by atomic mass is 10.2. The van der Waals surface area contributed by atoms with Gasteiger partial charge in [0.1, 0.15) is 5.75 Å². The van der Waals surface area contributed by atoms with Gasteiger partial charge in [-0.15, -0.1) is 0 Å². The van der Waals surface area contributed by atoms with Crippen LogP contribution >= 0.6 is 15.9 Å². The van der Waals surface area contributed by atoms with Crippen LogP contribution in [0.3, 0.4) is 0 Å². The van der Waals surface area contributed by atoms with Crippen LogP contribution in [0.2, 0.25) is 0 Å². The second kappa shape index (κ2) is 7.69. The molecule has 17 heavy (non-hydrogen) atoms. The van der Waals surface area contributed by atoms with Crippen molar-refractivity contribution < 1.29 is 9.84 Å². The summed E-state index contributed by atoms with van der Waals surface area (Å²) >= 11 is 3.55. The fraction of sp³-hybridized carbons (Fsp3) is 0.538. The van der Waals surface area contributed by atoms with Crippen LogP contribution in [0, 0.1) is 0 Å². The summed E-state index contributed by atoms with van der Waals surface area (Å²) in [4.78, 5) is 2.30. The Balaban J connectivity index is 2.70. The van der Waals surface area contributed by atoms with E-state index in [2.05, 4.69) is 27.8 Å². The highest BCUT2D eigenvalue weighted by Crippen LogP contribution is 2.23. The van der Waals surface area contributed by atoms with Crippen molar-refractivity contribution in [3.63, 3.8) is 0 Å². The Morgan fingerprint density at radius 3 is 2.76 bits per heavy atom. The van der Waals surface area contributed by atoms with Crippen molar-refractivity contribution in [3.8, 4) is 5.75 Å². The van der Waals surface area contributed by atoms with E-state index in [1.807, 2.05) is 18.2 Å². The Hall–Kier alpha value is -0.580. The van der Waals surface area contributed by atoms with Crippen molar-refractivity contribution in [2.75, 3.05) is 26.8 Å². The van der Waals surface area contributed by atoms with Gasteiger partial charge in [0.2, 0.25) is 0 Å². The van der Waals surface area contributed by atoms with E-state index in [4.69, 9.17) is 9.84 Å². The Morgan fingerprint density at radius 2 is 2.18 bits per heavy atom. The van der Waals surface area contributed by atoms with Crippen LogP contribution < -0.4 is 4.74 Å². The Labute approximate surface area is 112 Å². The SMILES string of the molecule is CCN(CCCO)Cc1cc(OC)ccc1Br. The number of nitrogens with zero attached hydrogens (tertiary/aromatic N) is 1. The molecule has 1 N–H and O–H groups in total. The quantitative estimate of drug-likeness (QED) is 0.840. The van der Waals surface area contributed by atoms with E-state index in [1.54, 1.807) is 7.11 Å². The predicted octanol–water partition coefficient (Wildman–Crippen LogP) is 2.66. The molecule has 0 bridgehead atoms. The van der Waals surface area contributed by atoms with Crippen LogP contribution in [-0.2, 0) is 6.54 Å². The fourth-order valence-corrected chi connectivity index (χ4v) is 2.06. The predicted molar refractivity (Wildman–Crippen MR) is 73.3 cm³/mol. The van der Waals surface area contributed by atoms with Crippen molar-refractivity contribution in [2.45, 2.75) is 19.9 Å². The van der Waals surface area contributed by atoms with E-state index in [0.29, 0.717) is 0 Å². The number of halogens is 1. The van der Waals surface area contributed by atoms with Gasteiger partial charge in [-0.05, 0) is 36.7 Å². The van der Waals surface area contributed by atoms with Crippen LogP contribution in [0.25, 0.3) is 0 Å². The van der Waals surface area contributed by atoms with E-state index in [1.165, 1.54) is 5.56 Å². The number of aliphatic hydroxyl groups excluding tert-OH is 1. The van der Waals surface area contributed by atoms with Crippen molar-refractivity contribution in [2.24, 2.45) is 0 Å². The summed E-state index contributed by atoms with van der Waals surface area (Å²) < 4.78 is 6.32. The highest BCUT2D eigenvalue weighted by atomic mass is 79.9. The van der Waals surface area contributed by atoms with E-state index < -0.39 is 0 Å². The lowest BCUT2D eigenvalue weighted by Gasteiger charge is -2.21. The molecule has 0 aliphatic carbocycles. The van der Waals surface area contributed by atoms with Gasteiger partial charge in [-0.2, -0.15) is 0 Å². The minimum atomic E-state index is 0.246. The largest absolute Gasteiger partial charge is 0.497 e. The first kappa shape index (κ1) is 14.5. The zero-order chi connectivity index (χ0) is 12.7. The van der Waals surface area contributed by atoms with E-state index in [-0.39, 0.29) is 6.61 Å². The third-order valence-electron chi connectivity index (χ3n) is 2.73. The highest BCUT2D eigenvalue weighted by Gasteiger charge is 2.07. The smallest absolute Gasteiger partial charge is 0.119 e. The minimum absolute atomic E-state index is 0.246. The zero-order valence-corrected chi connectivity index (χ0v) is 12.0. The van der Waals surface area contributed by atoms with Gasteiger partial charge in [-0.1, -0.05) is 22.9 Å². The summed E-state index contributed by atoms with van der Waals surface area (Å²) in [6.07, 6.45) is 0.815. The summed E-state index contributed by atoms with van der Waals surface area (Å²) in [5, 5.41) is 8.86. The van der Waals surface area contributed by atoms with Crippen molar-refractivity contribution in [1.29, 1.82) is 0 Å². The topological polar surface area (TPSA) is 32.7 Å². The first-order valence-electron chi connectivity index (χ1n) is 5.86. The molecule has 4 heteroatoms. The minimum Gasteiger partial charge on any atom is -0.497 e. The van der Waals surface area contributed by atoms with Gasteiger partial charge in [0, 0.05) is 24.2 Å². The first-order chi connectivity index (χ1) is 8.21. The molecule has 0 unspecified atom stereocenters. The zero-order valence-electron chi connectivity index (χ0n) is 10.4. The third-order valence-corrected chi connectivity index (χ3v) is 3.50. The number of benzene rings is 1. The Bertz CT molecular complexity index is 344. The standard InChI is InChI=1S/C13H20BrNO2/c1-3-15(7-4-8-16)10-11-9-12(17-2)5-6-13(11)14/h5-6,9,16H,3-4,7-8,10H2,1-2H3. The molecule has 0 fully saturated rings. The van der Waals surface area contributed by atoms with Crippen LogP contribution in [0.5, 0.6) is 5.75 Å². The molecule has 0 aromatic heterocycles. The number of methoxy groups -OCH3 is 1. The molecule has 0 spiro atoms. The number of aliphatic hydroxyl groups is 1. The molecule has 0 heterocycles. The average Bonchev–Trinajstić information content (AvgIpc) is 2.36. The normalized spacial score (nSPS) is 10.9. The van der Waals surface area contributed by atoms with Crippen molar-refractivity contribution >= 4 is 15.9 Å². The maximum absolute atomic E-state index is 8.86. The summed E-state index contributed by atoms with van der Waals surface area (Å²) in [6.45, 7) is 5.13. The van der Waals surface area contributed by atoms with Crippen LogP contribution in [-0.4, -0.2) is 36.8 Å². The molecule has 1 aromatic carbocycles. The van der Waals surface area contributed by atoms with Gasteiger partial charge in [0.15, 0.2) is 0 Å². The number of hydrogen-bond donors (Lipinski definition) is 1. The Morgan fingerprint density at radius 1 is 1.41 bits per heavy atom. The van der Waals surface area contributed by atoms with E-state index >= 15 is 0 Å². The maximum Gasteiger partial charge on any atom is 0.119 e. The molecule has 0 amide bonds. The van der Waals surface area contributed by atoms with Crippen LogP contribution in [0.1, 0.15) is 18.9 Å². The highest BCUT2D eigenvalue weighted by molar-refractivity contribution is 9.10. The van der Waals surface area contributed by atoms with Crippen molar-refractivity contribution in [3.05, 3.63) is 28.2 Å². The van der Waals surface area contributed by atoms with E-state index in [0.717, 1.165) is 36.3 Å². The number of hydrogen-bond acceptors (Lipinski definition) is 3. The van der Waals surface area contributed by atoms with E-state index in [9.17, 15) is 0 Å². The molecular formula is C13H20BrNO2. The monoisotopic (exact) mass is 301 g/mol. The third kappa shape index (κ3) is 4.66. The second-order valence-corrected chi connectivity index (χ2v) is 4.76. The number of rotatable bonds is 7. The fourth-order valence-electron chi connectivity index (χ4n) is 1.68. The lowest BCUT2D eigenvalue weighted by Crippen LogP contribution is -2.24. The van der Waals surface area contributed by atoms with Gasteiger partial charge < -0.3 is 9.84 Å². The molecule has 1 rings (SSSR count). The summed E-state index contributed by atoms with van der Waals surface area (Å²) in [5.74, 6) is 0.876. The molecule has 0 radical (unpaired) electrons. The molecule has 1 aromatic rings. The van der Waals surface area contributed by atoms with Gasteiger partial charge in [0.05, 0.1) is 7.11 Å². The molecule has 0 saturated heterocycles. The molecule has 0 saturated carbocycles. The maximum atomic E-state index is 8.86. The second-order valence-electron chi connectivity index (χ2n) is 3.90. The summed E-state index contributed by atoms with van der Waals surface area (Å²) in [5.41, 5.74) is 1.21. The molecule has 0 aliphatic rings. The molecule has 0 atom stereocenters. The van der Waals surface area contributed by atoms with Crippen LogP contribution in [0.15, 0.2) is 22.7 Å². The molecule has 0 aliphatic heterocycles. The first-order valence-corrected chi connectivity index (χ1v) is 6.66. The van der Waals surface area contributed by atoms with Crippen molar-refractivity contribution in [1.82, 2.24) is 4.90 Å². The molecule has 96 valence electrons. The average molecular weight is 302 g/mol. The van der Waals surface area contributed by atoms with Gasteiger partial charge in [0.25, 0.3) is 0 Å². The summed E-state index contributed by atoms with van der Waals surface area (Å²) in [6, 6.07) is 6.00. The van der Waals surface area contributed by atoms with Gasteiger partial charge in [-0.3, -0.25) is 4.90 Å². The van der Waals surface area contributed by atoms with Crippen LogP contribution in [0.4, 0.5) is 0 Å². The lowest BCUT2D eigenvalue weighted by molar-refractivity contribution is 0.225.